The summed E-state index contributed by atoms with van der Waals surface area (Å²) in [6.07, 6.45) is 0. The van der Waals surface area contributed by atoms with Crippen molar-refractivity contribution in [2.24, 2.45) is 0 Å². The first-order valence-electron chi connectivity index (χ1n) is 25.0. The van der Waals surface area contributed by atoms with Crippen LogP contribution in [0.1, 0.15) is 0 Å². The highest BCUT2D eigenvalue weighted by molar-refractivity contribution is 7.26. The van der Waals surface area contributed by atoms with Crippen LogP contribution in [0.15, 0.2) is 261 Å². The molecule has 15 aromatic rings. The van der Waals surface area contributed by atoms with Gasteiger partial charge in [0.25, 0.3) is 0 Å². The van der Waals surface area contributed by atoms with E-state index in [9.17, 15) is 0 Å². The molecule has 0 fully saturated rings. The van der Waals surface area contributed by atoms with Gasteiger partial charge in [-0.25, -0.2) is 0 Å². The largest absolute Gasteiger partial charge is 0.310 e. The van der Waals surface area contributed by atoms with Crippen LogP contribution >= 0.6 is 34.0 Å². The minimum absolute atomic E-state index is 1.05. The van der Waals surface area contributed by atoms with Crippen molar-refractivity contribution < 1.29 is 0 Å². The van der Waals surface area contributed by atoms with Crippen LogP contribution < -0.4 is 14.7 Å². The average Bonchev–Trinajstić information content (AvgIpc) is 4.15. The molecule has 0 atom stereocenters. The highest BCUT2D eigenvalue weighted by Gasteiger charge is 2.23. The second kappa shape index (κ2) is 17.5. The normalized spacial score (nSPS) is 11.8. The van der Waals surface area contributed by atoms with E-state index in [0.29, 0.717) is 0 Å². The lowest BCUT2D eigenvalue weighted by molar-refractivity contribution is 1.25. The van der Waals surface area contributed by atoms with Crippen molar-refractivity contribution >= 4 is 167 Å². The summed E-state index contributed by atoms with van der Waals surface area (Å²) >= 11 is 5.56. The third-order valence-electron chi connectivity index (χ3n) is 14.6. The molecule has 74 heavy (non-hydrogen) atoms. The maximum absolute atomic E-state index is 2.45. The first-order valence-corrected chi connectivity index (χ1v) is 27.4. The Balaban J connectivity index is 0.948. The second-order valence-electron chi connectivity index (χ2n) is 18.9. The number of fused-ring (bicyclic) bond motifs is 11. The Morgan fingerprint density at radius 3 is 1.01 bits per heavy atom. The fourth-order valence-corrected chi connectivity index (χ4v) is 14.5. The van der Waals surface area contributed by atoms with Crippen molar-refractivity contribution in [3.8, 4) is 0 Å². The van der Waals surface area contributed by atoms with Gasteiger partial charge in [0.05, 0.1) is 11.4 Å². The zero-order chi connectivity index (χ0) is 48.7. The Bertz CT molecular complexity index is 4430. The molecule has 0 radical (unpaired) electrons. The van der Waals surface area contributed by atoms with Crippen molar-refractivity contribution in [1.82, 2.24) is 0 Å². The Morgan fingerprint density at radius 1 is 0.189 bits per heavy atom. The van der Waals surface area contributed by atoms with Gasteiger partial charge in [0.2, 0.25) is 0 Å². The van der Waals surface area contributed by atoms with Crippen molar-refractivity contribution in [2.75, 3.05) is 14.7 Å². The summed E-state index contributed by atoms with van der Waals surface area (Å²) in [6, 6.07) is 96.3. The highest BCUT2D eigenvalue weighted by Crippen LogP contribution is 2.48. The van der Waals surface area contributed by atoms with Crippen LogP contribution in [0.2, 0.25) is 0 Å². The van der Waals surface area contributed by atoms with Crippen LogP contribution in [-0.2, 0) is 0 Å². The monoisotopic (exact) mass is 997 g/mol. The summed E-state index contributed by atoms with van der Waals surface area (Å²) in [5.74, 6) is 0. The van der Waals surface area contributed by atoms with Gasteiger partial charge in [-0.05, 0) is 126 Å². The third kappa shape index (κ3) is 7.13. The fourth-order valence-electron chi connectivity index (χ4n) is 11.2. The molecule has 0 amide bonds. The third-order valence-corrected chi connectivity index (χ3v) is 18.0. The van der Waals surface area contributed by atoms with E-state index >= 15 is 0 Å². The van der Waals surface area contributed by atoms with Crippen LogP contribution in [0.4, 0.5) is 51.2 Å². The predicted molar refractivity (Wildman–Crippen MR) is 324 cm³/mol. The van der Waals surface area contributed by atoms with E-state index in [-0.39, 0.29) is 0 Å². The lowest BCUT2D eigenvalue weighted by Crippen LogP contribution is -2.14. The number of hydrogen-bond donors (Lipinski definition) is 0. The van der Waals surface area contributed by atoms with E-state index in [1.807, 2.05) is 34.0 Å². The maximum atomic E-state index is 2.45. The van der Waals surface area contributed by atoms with Gasteiger partial charge in [-0.1, -0.05) is 146 Å². The molecule has 0 saturated carbocycles. The number of rotatable bonds is 9. The maximum Gasteiger partial charge on any atom is 0.0540 e. The predicted octanol–water partition coefficient (Wildman–Crippen LogP) is 21.5. The molecule has 15 rings (SSSR count). The lowest BCUT2D eigenvalue weighted by Gasteiger charge is -2.31. The summed E-state index contributed by atoms with van der Waals surface area (Å²) in [5, 5.41) is 12.4. The Kier molecular flexibility index (Phi) is 10.1. The van der Waals surface area contributed by atoms with Crippen molar-refractivity contribution in [3.05, 3.63) is 261 Å². The summed E-state index contributed by atoms with van der Waals surface area (Å²) in [5.41, 5.74) is 9.79. The molecule has 3 nitrogen and oxygen atoms in total. The molecule has 0 aliphatic carbocycles. The highest BCUT2D eigenvalue weighted by atomic mass is 32.1. The zero-order valence-corrected chi connectivity index (χ0v) is 42.3. The van der Waals surface area contributed by atoms with Crippen LogP contribution in [0.3, 0.4) is 0 Å². The molecule has 348 valence electrons. The van der Waals surface area contributed by atoms with Crippen molar-refractivity contribution in [2.45, 2.75) is 0 Å². The molecular formula is C68H43N3S3. The molecule has 0 bridgehead atoms. The van der Waals surface area contributed by atoms with Crippen LogP contribution in [0, 0.1) is 0 Å². The molecule has 0 unspecified atom stereocenters. The van der Waals surface area contributed by atoms with Gasteiger partial charge in [0.15, 0.2) is 0 Å². The molecule has 6 heteroatoms. The van der Waals surface area contributed by atoms with Crippen LogP contribution in [-0.4, -0.2) is 0 Å². The fraction of sp³-hybridized carbons (Fsp3) is 0. The van der Waals surface area contributed by atoms with Gasteiger partial charge in [-0.15, -0.1) is 34.0 Å². The van der Waals surface area contributed by atoms with E-state index in [2.05, 4.69) is 276 Å². The van der Waals surface area contributed by atoms with Gasteiger partial charge in [-0.2, -0.15) is 0 Å². The van der Waals surface area contributed by atoms with Crippen LogP contribution in [0.25, 0.3) is 82.1 Å². The Morgan fingerprint density at radius 2 is 0.514 bits per heavy atom. The van der Waals surface area contributed by atoms with Gasteiger partial charge < -0.3 is 14.7 Å². The summed E-state index contributed by atoms with van der Waals surface area (Å²) < 4.78 is 7.70. The van der Waals surface area contributed by atoms with Gasteiger partial charge in [0.1, 0.15) is 0 Å². The topological polar surface area (TPSA) is 9.72 Å². The zero-order valence-electron chi connectivity index (χ0n) is 39.9. The van der Waals surface area contributed by atoms with Crippen molar-refractivity contribution in [3.63, 3.8) is 0 Å². The van der Waals surface area contributed by atoms with E-state index < -0.39 is 0 Å². The van der Waals surface area contributed by atoms with E-state index in [1.54, 1.807) is 0 Å². The second-order valence-corrected chi connectivity index (χ2v) is 22.1. The van der Waals surface area contributed by atoms with Crippen LogP contribution in [0.5, 0.6) is 0 Å². The quantitative estimate of drug-likeness (QED) is 0.143. The van der Waals surface area contributed by atoms with Gasteiger partial charge in [0, 0.05) is 111 Å². The Hall–Kier alpha value is -8.78. The van der Waals surface area contributed by atoms with E-state index in [1.165, 1.54) is 82.1 Å². The van der Waals surface area contributed by atoms with Gasteiger partial charge in [-0.3, -0.25) is 0 Å². The van der Waals surface area contributed by atoms with Gasteiger partial charge >= 0.3 is 0 Å². The van der Waals surface area contributed by atoms with E-state index in [4.69, 9.17) is 0 Å². The van der Waals surface area contributed by atoms with E-state index in [0.717, 1.165) is 51.2 Å². The molecule has 0 N–H and O–H groups in total. The number of anilines is 9. The minimum Gasteiger partial charge on any atom is -0.310 e. The molecule has 12 aromatic carbocycles. The van der Waals surface area contributed by atoms with Crippen molar-refractivity contribution in [1.29, 1.82) is 0 Å². The summed E-state index contributed by atoms with van der Waals surface area (Å²) in [4.78, 5) is 7.35. The molecule has 0 saturated heterocycles. The lowest BCUT2D eigenvalue weighted by atomic mass is 10.0. The molecule has 0 aliphatic rings. The number of hydrogen-bond acceptors (Lipinski definition) is 6. The minimum atomic E-state index is 1.05. The molecule has 3 heterocycles. The summed E-state index contributed by atoms with van der Waals surface area (Å²) in [7, 11) is 0. The SMILES string of the molecule is c1cc(N(c2cccc(N(c3ccc4sc5ccccc5c4c3)c3cccc4ccccc34)c2)c2ccc3c(c2)sc2ccccc23)cc(N(c2ccc3sc4ccccc4c3c2)c2cccc3ccccc23)c1. The molecule has 3 aromatic heterocycles. The molecule has 0 aliphatic heterocycles. The first-order chi connectivity index (χ1) is 36.7. The average molecular weight is 998 g/mol. The number of thiophene rings is 3. The summed E-state index contributed by atoms with van der Waals surface area (Å²) in [6.45, 7) is 0. The Labute approximate surface area is 439 Å². The standard InChI is InChI=1S/C68H43N3S3/c1-3-23-53-44(15-1)17-11-28-61(53)70(50-34-37-66-59(41-50)56-26-6-9-31-64(56)72-66)48-21-13-19-46(39-48)69(52-33-36-58-55-25-5-8-30-63(55)74-68(58)43-52)47-20-14-22-49(40-47)71(62-29-12-18-45-16-2-4-24-54(45)62)51-35-38-67-60(42-51)57-27-7-10-32-65(57)73-67/h1-43H. The number of benzene rings is 12. The smallest absolute Gasteiger partial charge is 0.0540 e. The first kappa shape index (κ1) is 42.9. The molecular weight excluding hydrogens is 955 g/mol. The number of nitrogens with zero attached hydrogens (tertiary/aromatic N) is 3. The molecule has 0 spiro atoms.